The van der Waals surface area contributed by atoms with Crippen LogP contribution in [-0.4, -0.2) is 18.5 Å². The molecule has 0 spiro atoms. The normalized spacial score (nSPS) is 11.8. The molecule has 3 amide bonds. The van der Waals surface area contributed by atoms with Crippen molar-refractivity contribution in [2.24, 2.45) is 5.73 Å². The summed E-state index contributed by atoms with van der Waals surface area (Å²) in [5, 5.41) is 6.36. The fourth-order valence-electron chi connectivity index (χ4n) is 2.28. The molecule has 4 N–H and O–H groups in total. The Morgan fingerprint density at radius 1 is 1.08 bits per heavy atom. The second-order valence-electron chi connectivity index (χ2n) is 5.14. The van der Waals surface area contributed by atoms with E-state index >= 15 is 0 Å². The maximum atomic E-state index is 12.2. The van der Waals surface area contributed by atoms with Crippen molar-refractivity contribution in [2.75, 3.05) is 6.54 Å². The van der Waals surface area contributed by atoms with Crippen LogP contribution in [0.4, 0.5) is 4.79 Å². The van der Waals surface area contributed by atoms with Crippen LogP contribution < -0.4 is 16.4 Å². The molecule has 2 rings (SSSR count). The lowest BCUT2D eigenvalue weighted by molar-refractivity contribution is -0.122. The fraction of sp³-hybridized carbons (Fsp3) is 0.176. The van der Waals surface area contributed by atoms with E-state index in [1.807, 2.05) is 24.3 Å². The van der Waals surface area contributed by atoms with Crippen molar-refractivity contribution in [3.8, 4) is 0 Å². The zero-order chi connectivity index (χ0) is 17.5. The highest BCUT2D eigenvalue weighted by Crippen LogP contribution is 2.21. The van der Waals surface area contributed by atoms with Crippen LogP contribution in [0.25, 0.3) is 0 Å². The topological polar surface area (TPSA) is 84.2 Å². The molecule has 0 bridgehead atoms. The Kier molecular flexibility index (Phi) is 6.61. The maximum Gasteiger partial charge on any atom is 0.318 e. The third kappa shape index (κ3) is 5.23. The number of urea groups is 1. The molecule has 0 aliphatic heterocycles. The van der Waals surface area contributed by atoms with Gasteiger partial charge in [-0.2, -0.15) is 0 Å². The first kappa shape index (κ1) is 18.3. The molecule has 0 aromatic heterocycles. The lowest BCUT2D eigenvalue weighted by Crippen LogP contribution is -2.43. The minimum Gasteiger partial charge on any atom is -0.351 e. The van der Waals surface area contributed by atoms with Crippen LogP contribution in [-0.2, 0) is 11.2 Å². The van der Waals surface area contributed by atoms with Gasteiger partial charge in [0.15, 0.2) is 0 Å². The fourth-order valence-corrected chi connectivity index (χ4v) is 2.78. The van der Waals surface area contributed by atoms with E-state index in [9.17, 15) is 9.59 Å². The van der Waals surface area contributed by atoms with Gasteiger partial charge < -0.3 is 11.1 Å². The summed E-state index contributed by atoms with van der Waals surface area (Å²) in [6, 6.07) is 12.8. The van der Waals surface area contributed by atoms with Gasteiger partial charge >= 0.3 is 6.03 Å². The molecule has 2 aromatic carbocycles. The first-order valence-corrected chi connectivity index (χ1v) is 8.05. The molecular formula is C17H17Cl2N3O2. The number of carbonyl (C=O) groups is 2. The van der Waals surface area contributed by atoms with E-state index in [1.54, 1.807) is 24.3 Å². The molecule has 0 aliphatic carbocycles. The van der Waals surface area contributed by atoms with E-state index in [1.165, 1.54) is 0 Å². The number of nitrogens with one attached hydrogen (secondary N) is 2. The minimum atomic E-state index is -0.886. The standard InChI is InChI=1S/C17H17Cl2N3O2/c18-13-7-6-11(14(19)10-13)8-9-21-15(16(23)22-17(20)24)12-4-2-1-3-5-12/h1-7,10,15,21H,8-9H2,(H3,20,22,23,24)/t15-/m0/s1. The van der Waals surface area contributed by atoms with Crippen LogP contribution in [0.5, 0.6) is 0 Å². The summed E-state index contributed by atoms with van der Waals surface area (Å²) in [5.41, 5.74) is 6.68. The van der Waals surface area contributed by atoms with Gasteiger partial charge in [-0.25, -0.2) is 4.79 Å². The van der Waals surface area contributed by atoms with Crippen LogP contribution in [0.15, 0.2) is 48.5 Å². The van der Waals surface area contributed by atoms with Gasteiger partial charge in [0.05, 0.1) is 0 Å². The zero-order valence-corrected chi connectivity index (χ0v) is 14.3. The number of amides is 3. The number of benzene rings is 2. The number of imide groups is 1. The summed E-state index contributed by atoms with van der Waals surface area (Å²) in [6.07, 6.45) is 0.600. The molecule has 1 atom stereocenters. The number of halogens is 2. The monoisotopic (exact) mass is 365 g/mol. The van der Waals surface area contributed by atoms with Crippen molar-refractivity contribution in [1.82, 2.24) is 10.6 Å². The van der Waals surface area contributed by atoms with Gasteiger partial charge in [0.1, 0.15) is 6.04 Å². The van der Waals surface area contributed by atoms with Crippen LogP contribution in [0, 0.1) is 0 Å². The van der Waals surface area contributed by atoms with Gasteiger partial charge in [-0.05, 0) is 29.7 Å². The quantitative estimate of drug-likeness (QED) is 0.735. The Morgan fingerprint density at radius 2 is 1.79 bits per heavy atom. The zero-order valence-electron chi connectivity index (χ0n) is 12.8. The SMILES string of the molecule is NC(=O)NC(=O)[C@@H](NCCc1ccc(Cl)cc1Cl)c1ccccc1. The van der Waals surface area contributed by atoms with E-state index in [2.05, 4.69) is 10.6 Å². The number of rotatable bonds is 6. The maximum absolute atomic E-state index is 12.2. The molecule has 0 fully saturated rings. The molecule has 0 aliphatic rings. The highest BCUT2D eigenvalue weighted by Gasteiger charge is 2.21. The van der Waals surface area contributed by atoms with Crippen molar-refractivity contribution in [3.63, 3.8) is 0 Å². The summed E-state index contributed by atoms with van der Waals surface area (Å²) in [7, 11) is 0. The van der Waals surface area contributed by atoms with E-state index in [0.717, 1.165) is 11.1 Å². The molecule has 0 unspecified atom stereocenters. The van der Waals surface area contributed by atoms with Crippen molar-refractivity contribution in [1.29, 1.82) is 0 Å². The number of carbonyl (C=O) groups excluding carboxylic acids is 2. The number of hydrogen-bond acceptors (Lipinski definition) is 3. The second kappa shape index (κ2) is 8.68. The predicted octanol–water partition coefficient (Wildman–Crippen LogP) is 3.06. The Bertz CT molecular complexity index is 723. The Morgan fingerprint density at radius 3 is 2.42 bits per heavy atom. The summed E-state index contributed by atoms with van der Waals surface area (Å²) in [5.74, 6) is -0.504. The lowest BCUT2D eigenvalue weighted by atomic mass is 10.1. The molecule has 2 aromatic rings. The average molecular weight is 366 g/mol. The van der Waals surface area contributed by atoms with Crippen molar-refractivity contribution in [2.45, 2.75) is 12.5 Å². The van der Waals surface area contributed by atoms with Gasteiger partial charge in [-0.15, -0.1) is 0 Å². The summed E-state index contributed by atoms with van der Waals surface area (Å²) in [6.45, 7) is 0.479. The average Bonchev–Trinajstić information content (AvgIpc) is 2.53. The van der Waals surface area contributed by atoms with E-state index in [0.29, 0.717) is 23.0 Å². The second-order valence-corrected chi connectivity index (χ2v) is 5.98. The molecule has 0 saturated heterocycles. The first-order valence-electron chi connectivity index (χ1n) is 7.30. The lowest BCUT2D eigenvalue weighted by Gasteiger charge is -2.18. The van der Waals surface area contributed by atoms with Gasteiger partial charge in [-0.3, -0.25) is 10.1 Å². The summed E-state index contributed by atoms with van der Waals surface area (Å²) < 4.78 is 0. The largest absolute Gasteiger partial charge is 0.351 e. The smallest absolute Gasteiger partial charge is 0.318 e. The third-order valence-electron chi connectivity index (χ3n) is 3.40. The van der Waals surface area contributed by atoms with Gasteiger partial charge in [0.2, 0.25) is 5.91 Å². The van der Waals surface area contributed by atoms with E-state index in [-0.39, 0.29) is 0 Å². The molecule has 7 heteroatoms. The first-order chi connectivity index (χ1) is 11.5. The highest BCUT2D eigenvalue weighted by atomic mass is 35.5. The van der Waals surface area contributed by atoms with Crippen molar-refractivity contribution < 1.29 is 9.59 Å². The van der Waals surface area contributed by atoms with Gasteiger partial charge in [0.25, 0.3) is 0 Å². The van der Waals surface area contributed by atoms with Crippen LogP contribution in [0.1, 0.15) is 17.2 Å². The Labute approximate surface area is 150 Å². The molecule has 0 heterocycles. The van der Waals surface area contributed by atoms with Gasteiger partial charge in [0, 0.05) is 16.6 Å². The van der Waals surface area contributed by atoms with E-state index in [4.69, 9.17) is 28.9 Å². The highest BCUT2D eigenvalue weighted by molar-refractivity contribution is 6.35. The molecule has 0 radical (unpaired) electrons. The summed E-state index contributed by atoms with van der Waals surface area (Å²) in [4.78, 5) is 23.1. The van der Waals surface area contributed by atoms with Gasteiger partial charge in [-0.1, -0.05) is 59.6 Å². The van der Waals surface area contributed by atoms with Crippen molar-refractivity contribution in [3.05, 3.63) is 69.7 Å². The molecule has 126 valence electrons. The number of primary amides is 1. The molecule has 0 saturated carbocycles. The molecule has 5 nitrogen and oxygen atoms in total. The van der Waals surface area contributed by atoms with Crippen LogP contribution >= 0.6 is 23.2 Å². The Hall–Kier alpha value is -2.08. The number of nitrogens with two attached hydrogens (primary N) is 1. The van der Waals surface area contributed by atoms with Crippen LogP contribution in [0.2, 0.25) is 10.0 Å². The Balaban J connectivity index is 2.05. The third-order valence-corrected chi connectivity index (χ3v) is 3.99. The van der Waals surface area contributed by atoms with E-state index < -0.39 is 18.0 Å². The predicted molar refractivity (Wildman–Crippen MR) is 95.1 cm³/mol. The summed E-state index contributed by atoms with van der Waals surface area (Å²) >= 11 is 12.0. The van der Waals surface area contributed by atoms with Crippen molar-refractivity contribution >= 4 is 35.1 Å². The molecular weight excluding hydrogens is 349 g/mol. The van der Waals surface area contributed by atoms with Crippen LogP contribution in [0.3, 0.4) is 0 Å². The minimum absolute atomic E-state index is 0.479. The number of hydrogen-bond donors (Lipinski definition) is 3. The molecule has 24 heavy (non-hydrogen) atoms.